The van der Waals surface area contributed by atoms with Crippen molar-refractivity contribution in [3.05, 3.63) is 77.9 Å². The fraction of sp³-hybridized carbons (Fsp3) is 0.321. The fourth-order valence-corrected chi connectivity index (χ4v) is 5.49. The van der Waals surface area contributed by atoms with Gasteiger partial charge in [-0.25, -0.2) is 0 Å². The van der Waals surface area contributed by atoms with Crippen LogP contribution in [0.1, 0.15) is 17.5 Å². The van der Waals surface area contributed by atoms with Crippen LogP contribution >= 0.6 is 12.0 Å². The summed E-state index contributed by atoms with van der Waals surface area (Å²) in [5.41, 5.74) is 3.35. The van der Waals surface area contributed by atoms with Gasteiger partial charge in [0.2, 0.25) is 5.91 Å². The van der Waals surface area contributed by atoms with E-state index in [4.69, 9.17) is 13.7 Å². The number of piperazine rings is 1. The number of benzene rings is 3. The number of ether oxygens (including phenoxy) is 2. The number of methoxy groups -OCH3 is 2. The van der Waals surface area contributed by atoms with E-state index in [9.17, 15) is 4.79 Å². The second kappa shape index (κ2) is 10.1. The molecular weight excluding hydrogens is 460 g/mol. The first-order valence-corrected chi connectivity index (χ1v) is 12.6. The van der Waals surface area contributed by atoms with Gasteiger partial charge in [0.1, 0.15) is 5.75 Å². The molecule has 0 N–H and O–H groups in total. The SMILES string of the molecule is COc1ccc(CC(=O)N2CC3CC2CN3c2ccc(OSc3ccc(C)cc3)cc2)cc1OC. The van der Waals surface area contributed by atoms with Crippen molar-refractivity contribution in [1.82, 2.24) is 4.90 Å². The van der Waals surface area contributed by atoms with Crippen LogP contribution in [0, 0.1) is 6.92 Å². The van der Waals surface area contributed by atoms with Crippen molar-refractivity contribution in [2.24, 2.45) is 0 Å². The highest BCUT2D eigenvalue weighted by molar-refractivity contribution is 7.95. The van der Waals surface area contributed by atoms with Crippen molar-refractivity contribution in [2.75, 3.05) is 32.2 Å². The van der Waals surface area contributed by atoms with Gasteiger partial charge in [0.15, 0.2) is 11.5 Å². The number of rotatable bonds is 8. The minimum atomic E-state index is 0.168. The predicted molar refractivity (Wildman–Crippen MR) is 139 cm³/mol. The second-order valence-corrected chi connectivity index (χ2v) is 9.89. The standard InChI is InChI=1S/C28H30N2O4S/c1-19-4-11-25(12-5-19)35-34-24-9-7-21(8-10-24)29-17-23-16-22(29)18-30(23)28(31)15-20-6-13-26(32-2)27(14-20)33-3/h4-14,22-23H,15-18H2,1-3H3. The van der Waals surface area contributed by atoms with Crippen molar-refractivity contribution in [3.63, 3.8) is 0 Å². The van der Waals surface area contributed by atoms with Crippen molar-refractivity contribution in [1.29, 1.82) is 0 Å². The van der Waals surface area contributed by atoms with E-state index in [-0.39, 0.29) is 11.9 Å². The molecule has 2 unspecified atom stereocenters. The van der Waals surface area contributed by atoms with Crippen LogP contribution in [-0.2, 0) is 11.2 Å². The van der Waals surface area contributed by atoms with Crippen LogP contribution in [0.25, 0.3) is 0 Å². The summed E-state index contributed by atoms with van der Waals surface area (Å²) >= 11 is 1.37. The number of nitrogens with zero attached hydrogens (tertiary/aromatic N) is 2. The number of aryl methyl sites for hydroxylation is 1. The van der Waals surface area contributed by atoms with Crippen LogP contribution < -0.4 is 18.6 Å². The van der Waals surface area contributed by atoms with E-state index in [2.05, 4.69) is 48.2 Å². The second-order valence-electron chi connectivity index (χ2n) is 9.08. The summed E-state index contributed by atoms with van der Waals surface area (Å²) in [6, 6.07) is 22.8. The highest BCUT2D eigenvalue weighted by Crippen LogP contribution is 2.36. The van der Waals surface area contributed by atoms with Crippen LogP contribution in [0.2, 0.25) is 0 Å². The quantitative estimate of drug-likeness (QED) is 0.408. The molecule has 1 amide bonds. The minimum Gasteiger partial charge on any atom is -0.493 e. The molecule has 2 atom stereocenters. The minimum absolute atomic E-state index is 0.168. The summed E-state index contributed by atoms with van der Waals surface area (Å²) in [6.07, 6.45) is 1.38. The molecule has 35 heavy (non-hydrogen) atoms. The zero-order chi connectivity index (χ0) is 24.4. The Morgan fingerprint density at radius 2 is 1.66 bits per heavy atom. The van der Waals surface area contributed by atoms with Crippen LogP contribution in [0.15, 0.2) is 71.6 Å². The van der Waals surface area contributed by atoms with Crippen LogP contribution in [0.4, 0.5) is 5.69 Å². The van der Waals surface area contributed by atoms with Crippen molar-refractivity contribution in [2.45, 2.75) is 36.7 Å². The van der Waals surface area contributed by atoms with E-state index in [1.54, 1.807) is 14.2 Å². The maximum absolute atomic E-state index is 13.1. The average Bonchev–Trinajstić information content (AvgIpc) is 3.50. The average molecular weight is 491 g/mol. The molecule has 182 valence electrons. The number of hydrogen-bond acceptors (Lipinski definition) is 6. The van der Waals surface area contributed by atoms with Crippen molar-refractivity contribution >= 4 is 23.6 Å². The van der Waals surface area contributed by atoms with Crippen LogP contribution in [-0.4, -0.2) is 50.2 Å². The Hall–Kier alpha value is -3.32. The lowest BCUT2D eigenvalue weighted by molar-refractivity contribution is -0.131. The fourth-order valence-electron chi connectivity index (χ4n) is 4.94. The van der Waals surface area contributed by atoms with Gasteiger partial charge >= 0.3 is 0 Å². The summed E-state index contributed by atoms with van der Waals surface area (Å²) < 4.78 is 16.6. The van der Waals surface area contributed by atoms with E-state index >= 15 is 0 Å². The maximum Gasteiger partial charge on any atom is 0.227 e. The van der Waals surface area contributed by atoms with Gasteiger partial charge in [0.25, 0.3) is 0 Å². The maximum atomic E-state index is 13.1. The van der Waals surface area contributed by atoms with Crippen LogP contribution in [0.3, 0.4) is 0 Å². The molecule has 0 saturated carbocycles. The lowest BCUT2D eigenvalue weighted by atomic mass is 10.1. The highest BCUT2D eigenvalue weighted by atomic mass is 32.2. The Morgan fingerprint density at radius 1 is 0.914 bits per heavy atom. The summed E-state index contributed by atoms with van der Waals surface area (Å²) in [5.74, 6) is 2.32. The molecular formula is C28H30N2O4S. The summed E-state index contributed by atoms with van der Waals surface area (Å²) in [5, 5.41) is 0. The number of anilines is 1. The molecule has 0 aliphatic carbocycles. The monoisotopic (exact) mass is 490 g/mol. The van der Waals surface area contributed by atoms with E-state index < -0.39 is 0 Å². The van der Waals surface area contributed by atoms with Gasteiger partial charge in [-0.05, 0) is 67.4 Å². The zero-order valence-electron chi connectivity index (χ0n) is 20.3. The molecule has 0 radical (unpaired) electrons. The largest absolute Gasteiger partial charge is 0.493 e. The molecule has 6 nitrogen and oxygen atoms in total. The number of carbonyl (C=O) groups is 1. The molecule has 2 heterocycles. The third kappa shape index (κ3) is 5.05. The normalized spacial score (nSPS) is 18.6. The first-order valence-electron chi connectivity index (χ1n) is 11.8. The number of hydrogen-bond donors (Lipinski definition) is 0. The first-order chi connectivity index (χ1) is 17.0. The molecule has 2 saturated heterocycles. The summed E-state index contributed by atoms with van der Waals surface area (Å²) in [4.78, 5) is 18.6. The summed E-state index contributed by atoms with van der Waals surface area (Å²) in [6.45, 7) is 3.70. The number of carbonyl (C=O) groups excluding carboxylic acids is 1. The lowest BCUT2D eigenvalue weighted by Crippen LogP contribution is -2.49. The first kappa shape index (κ1) is 23.4. The lowest BCUT2D eigenvalue weighted by Gasteiger charge is -2.35. The Kier molecular flexibility index (Phi) is 6.77. The van der Waals surface area contributed by atoms with Gasteiger partial charge in [-0.2, -0.15) is 0 Å². The number of amides is 1. The number of likely N-dealkylation sites (tertiary alicyclic amines) is 1. The van der Waals surface area contributed by atoms with Gasteiger partial charge in [0.05, 0.1) is 38.7 Å². The molecule has 2 aliphatic rings. The van der Waals surface area contributed by atoms with E-state index in [1.807, 2.05) is 35.2 Å². The molecule has 3 aromatic carbocycles. The Bertz CT molecular complexity index is 1180. The van der Waals surface area contributed by atoms with Crippen molar-refractivity contribution in [3.8, 4) is 17.2 Å². The van der Waals surface area contributed by atoms with E-state index in [0.717, 1.165) is 35.7 Å². The molecule has 0 spiro atoms. The molecule has 5 rings (SSSR count). The topological polar surface area (TPSA) is 51.2 Å². The summed E-state index contributed by atoms with van der Waals surface area (Å²) in [7, 11) is 3.22. The highest BCUT2D eigenvalue weighted by Gasteiger charge is 2.45. The Labute approximate surface area is 211 Å². The van der Waals surface area contributed by atoms with E-state index in [0.29, 0.717) is 24.0 Å². The molecule has 2 aliphatic heterocycles. The number of fused-ring (bicyclic) bond motifs is 2. The molecule has 2 fully saturated rings. The van der Waals surface area contributed by atoms with Crippen LogP contribution in [0.5, 0.6) is 17.2 Å². The molecule has 2 bridgehead atoms. The van der Waals surface area contributed by atoms with E-state index in [1.165, 1.54) is 23.3 Å². The third-order valence-electron chi connectivity index (χ3n) is 6.79. The van der Waals surface area contributed by atoms with Gasteiger partial charge in [0, 0.05) is 29.7 Å². The third-order valence-corrected chi connectivity index (χ3v) is 7.53. The van der Waals surface area contributed by atoms with Gasteiger partial charge in [-0.1, -0.05) is 23.8 Å². The Morgan fingerprint density at radius 3 is 2.31 bits per heavy atom. The van der Waals surface area contributed by atoms with Crippen molar-refractivity contribution < 1.29 is 18.5 Å². The Balaban J connectivity index is 1.16. The van der Waals surface area contributed by atoms with Gasteiger partial charge in [-0.15, -0.1) is 0 Å². The molecule has 0 aromatic heterocycles. The van der Waals surface area contributed by atoms with Gasteiger partial charge in [-0.3, -0.25) is 4.79 Å². The smallest absolute Gasteiger partial charge is 0.227 e. The molecule has 7 heteroatoms. The van der Waals surface area contributed by atoms with Gasteiger partial charge < -0.3 is 23.5 Å². The predicted octanol–water partition coefficient (Wildman–Crippen LogP) is 5.13. The zero-order valence-corrected chi connectivity index (χ0v) is 21.1. The molecule has 3 aromatic rings.